The van der Waals surface area contributed by atoms with Gasteiger partial charge in [0.15, 0.2) is 6.61 Å². The van der Waals surface area contributed by atoms with Crippen LogP contribution in [0.2, 0.25) is 5.02 Å². The van der Waals surface area contributed by atoms with Crippen molar-refractivity contribution in [2.75, 3.05) is 18.1 Å². The molecule has 1 fully saturated rings. The third-order valence-electron chi connectivity index (χ3n) is 3.87. The monoisotopic (exact) mass is 362 g/mol. The second kappa shape index (κ2) is 7.53. The molecule has 1 heterocycles. The van der Waals surface area contributed by atoms with Crippen LogP contribution >= 0.6 is 11.6 Å². The van der Waals surface area contributed by atoms with E-state index < -0.39 is 17.8 Å². The third-order valence-corrected chi connectivity index (χ3v) is 4.12. The molecule has 1 N–H and O–H groups in total. The molecule has 3 rings (SSSR count). The molecule has 2 aromatic carbocycles. The number of carbonyl (C=O) groups is 2. The number of para-hydroxylation sites is 1. The van der Waals surface area contributed by atoms with E-state index >= 15 is 0 Å². The molecule has 5 nitrogen and oxygen atoms in total. The van der Waals surface area contributed by atoms with E-state index in [2.05, 4.69) is 5.32 Å². The Balaban J connectivity index is 1.55. The highest BCUT2D eigenvalue weighted by Gasteiger charge is 2.34. The van der Waals surface area contributed by atoms with Gasteiger partial charge >= 0.3 is 0 Å². The van der Waals surface area contributed by atoms with Gasteiger partial charge in [-0.25, -0.2) is 4.39 Å². The van der Waals surface area contributed by atoms with Gasteiger partial charge in [0.1, 0.15) is 17.6 Å². The summed E-state index contributed by atoms with van der Waals surface area (Å²) in [4.78, 5) is 25.7. The molecule has 1 unspecified atom stereocenters. The van der Waals surface area contributed by atoms with Crippen molar-refractivity contribution >= 4 is 29.1 Å². The van der Waals surface area contributed by atoms with E-state index in [9.17, 15) is 14.0 Å². The average molecular weight is 363 g/mol. The topological polar surface area (TPSA) is 58.6 Å². The first kappa shape index (κ1) is 17.2. The first-order valence-electron chi connectivity index (χ1n) is 7.78. The number of benzene rings is 2. The number of rotatable bonds is 5. The van der Waals surface area contributed by atoms with E-state index in [1.54, 1.807) is 42.5 Å². The van der Waals surface area contributed by atoms with Crippen molar-refractivity contribution in [2.24, 2.45) is 0 Å². The van der Waals surface area contributed by atoms with Gasteiger partial charge in [-0.3, -0.25) is 9.59 Å². The van der Waals surface area contributed by atoms with Gasteiger partial charge in [0.2, 0.25) is 5.91 Å². The van der Waals surface area contributed by atoms with Gasteiger partial charge in [-0.15, -0.1) is 0 Å². The van der Waals surface area contributed by atoms with Crippen LogP contribution in [0.3, 0.4) is 0 Å². The summed E-state index contributed by atoms with van der Waals surface area (Å²) in [5.74, 6) is -0.701. The number of anilines is 1. The van der Waals surface area contributed by atoms with Crippen molar-refractivity contribution in [3.8, 4) is 5.75 Å². The smallest absolute Gasteiger partial charge is 0.258 e. The van der Waals surface area contributed by atoms with E-state index in [0.717, 1.165) is 0 Å². The molecule has 0 bridgehead atoms. The summed E-state index contributed by atoms with van der Waals surface area (Å²) in [6, 6.07) is 12.0. The fourth-order valence-electron chi connectivity index (χ4n) is 2.64. The van der Waals surface area contributed by atoms with Crippen LogP contribution in [0.25, 0.3) is 0 Å². The van der Waals surface area contributed by atoms with Gasteiger partial charge < -0.3 is 15.0 Å². The molecule has 0 radical (unpaired) electrons. The third kappa shape index (κ3) is 4.09. The number of ether oxygens (including phenoxy) is 1. The Morgan fingerprint density at radius 1 is 1.24 bits per heavy atom. The number of amides is 2. The quantitative estimate of drug-likeness (QED) is 0.889. The second-order valence-electron chi connectivity index (χ2n) is 5.59. The molecule has 1 aliphatic heterocycles. The molecule has 25 heavy (non-hydrogen) atoms. The van der Waals surface area contributed by atoms with E-state index in [1.807, 2.05) is 0 Å². The maximum absolute atomic E-state index is 13.8. The van der Waals surface area contributed by atoms with Crippen LogP contribution in [0.15, 0.2) is 48.5 Å². The van der Waals surface area contributed by atoms with Crippen LogP contribution in [-0.2, 0) is 9.59 Å². The van der Waals surface area contributed by atoms with Gasteiger partial charge in [0, 0.05) is 11.6 Å². The highest BCUT2D eigenvalue weighted by molar-refractivity contribution is 6.30. The lowest BCUT2D eigenvalue weighted by atomic mass is 10.2. The predicted molar refractivity (Wildman–Crippen MR) is 92.2 cm³/mol. The fraction of sp³-hybridized carbons (Fsp3) is 0.222. The minimum atomic E-state index is -0.680. The van der Waals surface area contributed by atoms with E-state index in [4.69, 9.17) is 16.3 Å². The average Bonchev–Trinajstić information content (AvgIpc) is 2.95. The van der Waals surface area contributed by atoms with Gasteiger partial charge in [0.05, 0.1) is 5.69 Å². The molecule has 130 valence electrons. The van der Waals surface area contributed by atoms with Crippen LogP contribution in [-0.4, -0.2) is 31.0 Å². The summed E-state index contributed by atoms with van der Waals surface area (Å²) in [5.41, 5.74) is 0.224. The number of hydrogen-bond donors (Lipinski definition) is 1. The first-order valence-corrected chi connectivity index (χ1v) is 8.16. The standard InChI is InChI=1S/C18H16ClFN2O3/c19-12-5-7-13(8-6-12)25-11-17(23)21-15-9-10-22(18(15)24)16-4-2-1-3-14(16)20/h1-8,15H,9-11H2,(H,21,23). The summed E-state index contributed by atoms with van der Waals surface area (Å²) < 4.78 is 19.2. The van der Waals surface area contributed by atoms with Crippen molar-refractivity contribution in [1.29, 1.82) is 0 Å². The van der Waals surface area contributed by atoms with Crippen molar-refractivity contribution in [3.63, 3.8) is 0 Å². The molecule has 0 spiro atoms. The van der Waals surface area contributed by atoms with Crippen LogP contribution in [0.1, 0.15) is 6.42 Å². The zero-order valence-corrected chi connectivity index (χ0v) is 14.0. The van der Waals surface area contributed by atoms with E-state index in [0.29, 0.717) is 23.7 Å². The fourth-order valence-corrected chi connectivity index (χ4v) is 2.77. The Morgan fingerprint density at radius 3 is 2.68 bits per heavy atom. The molecule has 1 saturated heterocycles. The van der Waals surface area contributed by atoms with Gasteiger partial charge in [-0.1, -0.05) is 23.7 Å². The molecule has 0 aromatic heterocycles. The highest BCUT2D eigenvalue weighted by Crippen LogP contribution is 2.24. The largest absolute Gasteiger partial charge is 0.484 e. The predicted octanol–water partition coefficient (Wildman–Crippen LogP) is 2.78. The van der Waals surface area contributed by atoms with Crippen LogP contribution in [0.5, 0.6) is 5.75 Å². The minimum absolute atomic E-state index is 0.217. The number of nitrogens with one attached hydrogen (secondary N) is 1. The second-order valence-corrected chi connectivity index (χ2v) is 6.03. The lowest BCUT2D eigenvalue weighted by Gasteiger charge is -2.18. The summed E-state index contributed by atoms with van der Waals surface area (Å²) in [6.07, 6.45) is 0.417. The number of halogens is 2. The first-order chi connectivity index (χ1) is 12.0. The molecule has 2 aromatic rings. The van der Waals surface area contributed by atoms with Crippen molar-refractivity contribution in [1.82, 2.24) is 5.32 Å². The van der Waals surface area contributed by atoms with Crippen molar-refractivity contribution < 1.29 is 18.7 Å². The van der Waals surface area contributed by atoms with Gasteiger partial charge in [0.25, 0.3) is 5.91 Å². The molecular formula is C18H16ClFN2O3. The Bertz CT molecular complexity index is 782. The van der Waals surface area contributed by atoms with Crippen molar-refractivity contribution in [3.05, 3.63) is 59.4 Å². The Morgan fingerprint density at radius 2 is 1.96 bits per heavy atom. The van der Waals surface area contributed by atoms with Gasteiger partial charge in [-0.05, 0) is 42.8 Å². The molecule has 0 aliphatic carbocycles. The Labute approximate surface area is 149 Å². The summed E-state index contributed by atoms with van der Waals surface area (Å²) in [7, 11) is 0. The van der Waals surface area contributed by atoms with Crippen LogP contribution in [0.4, 0.5) is 10.1 Å². The summed E-state index contributed by atoms with van der Waals surface area (Å²) in [6.45, 7) is 0.133. The zero-order valence-electron chi connectivity index (χ0n) is 13.2. The van der Waals surface area contributed by atoms with E-state index in [1.165, 1.54) is 11.0 Å². The number of nitrogens with zero attached hydrogens (tertiary/aromatic N) is 1. The number of hydrogen-bond acceptors (Lipinski definition) is 3. The number of carbonyl (C=O) groups excluding carboxylic acids is 2. The van der Waals surface area contributed by atoms with Crippen LogP contribution in [0, 0.1) is 5.82 Å². The maximum atomic E-state index is 13.8. The molecule has 0 saturated carbocycles. The van der Waals surface area contributed by atoms with Gasteiger partial charge in [-0.2, -0.15) is 0 Å². The minimum Gasteiger partial charge on any atom is -0.484 e. The van der Waals surface area contributed by atoms with Crippen LogP contribution < -0.4 is 15.0 Å². The Hall–Kier alpha value is -2.60. The van der Waals surface area contributed by atoms with Crippen molar-refractivity contribution in [2.45, 2.75) is 12.5 Å². The molecule has 7 heteroatoms. The highest BCUT2D eigenvalue weighted by atomic mass is 35.5. The zero-order chi connectivity index (χ0) is 17.8. The lowest BCUT2D eigenvalue weighted by molar-refractivity contribution is -0.127. The summed E-state index contributed by atoms with van der Waals surface area (Å²) >= 11 is 5.78. The van der Waals surface area contributed by atoms with E-state index in [-0.39, 0.29) is 18.2 Å². The molecule has 1 atom stereocenters. The summed E-state index contributed by atoms with van der Waals surface area (Å²) in [5, 5.41) is 3.20. The molecule has 1 aliphatic rings. The molecule has 2 amide bonds. The lowest BCUT2D eigenvalue weighted by Crippen LogP contribution is -2.43. The molecular weight excluding hydrogens is 347 g/mol. The Kier molecular flexibility index (Phi) is 5.19. The SMILES string of the molecule is O=C(COc1ccc(Cl)cc1)NC1CCN(c2ccccc2F)C1=O. The normalized spacial score (nSPS) is 16.8. The maximum Gasteiger partial charge on any atom is 0.258 e.